The van der Waals surface area contributed by atoms with Crippen LogP contribution < -0.4 is 9.47 Å². The molecule has 2 heterocycles. The molecule has 8 nitrogen and oxygen atoms in total. The number of amides is 1. The second-order valence-corrected chi connectivity index (χ2v) is 9.65. The van der Waals surface area contributed by atoms with E-state index in [1.165, 1.54) is 0 Å². The number of nitrogens with zero attached hydrogens (tertiary/aromatic N) is 3. The number of aliphatic hydroxyl groups excluding tert-OH is 1. The highest BCUT2D eigenvalue weighted by Gasteiger charge is 2.45. The first-order chi connectivity index (χ1) is 19.0. The van der Waals surface area contributed by atoms with Gasteiger partial charge >= 0.3 is 0 Å². The van der Waals surface area contributed by atoms with Crippen LogP contribution in [0.3, 0.4) is 0 Å². The molecule has 0 aliphatic carbocycles. The average Bonchev–Trinajstić information content (AvgIpc) is 3.57. The van der Waals surface area contributed by atoms with Crippen LogP contribution in [0.2, 0.25) is 0 Å². The number of Topliss-reactive ketones (excluding diaryl/α,β-unsaturated/α-hetero) is 1. The fraction of sp³-hybridized carbons (Fsp3) is 0.387. The molecule has 0 saturated carbocycles. The molecular weight excluding hydrogens is 494 g/mol. The first-order valence-electron chi connectivity index (χ1n) is 13.7. The third-order valence-electron chi connectivity index (χ3n) is 6.71. The number of hydrogen-bond donors (Lipinski definition) is 1. The van der Waals surface area contributed by atoms with Crippen LogP contribution in [0.15, 0.2) is 72.8 Å². The highest BCUT2D eigenvalue weighted by molar-refractivity contribution is 6.46. The Balaban J connectivity index is 1.66. The number of aromatic nitrogens is 2. The van der Waals surface area contributed by atoms with E-state index in [1.54, 1.807) is 41.7 Å². The SMILES string of the molecule is CCCCCOc1cccc(C2C(=C(O)c3ccc(OCCC)cc3)C(=O)C(=O)N2CCCn2ccnc2)c1. The Hall–Kier alpha value is -4.07. The Labute approximate surface area is 229 Å². The van der Waals surface area contributed by atoms with Gasteiger partial charge in [-0.2, -0.15) is 0 Å². The van der Waals surface area contributed by atoms with Crippen molar-refractivity contribution in [1.82, 2.24) is 14.5 Å². The van der Waals surface area contributed by atoms with Crippen molar-refractivity contribution in [2.45, 2.75) is 58.5 Å². The third-order valence-corrected chi connectivity index (χ3v) is 6.71. The van der Waals surface area contributed by atoms with Gasteiger partial charge in [-0.3, -0.25) is 9.59 Å². The quantitative estimate of drug-likeness (QED) is 0.123. The molecule has 1 unspecified atom stereocenters. The molecule has 1 atom stereocenters. The molecule has 8 heteroatoms. The van der Waals surface area contributed by atoms with Crippen LogP contribution in [-0.4, -0.2) is 51.0 Å². The number of hydrogen-bond acceptors (Lipinski definition) is 6. The molecule has 0 radical (unpaired) electrons. The summed E-state index contributed by atoms with van der Waals surface area (Å²) in [5.41, 5.74) is 1.24. The molecule has 1 aliphatic heterocycles. The number of ether oxygens (including phenoxy) is 2. The second-order valence-electron chi connectivity index (χ2n) is 9.65. The van der Waals surface area contributed by atoms with Crippen molar-refractivity contribution in [2.75, 3.05) is 19.8 Å². The molecule has 1 N–H and O–H groups in total. The first-order valence-corrected chi connectivity index (χ1v) is 13.7. The number of aryl methyl sites for hydroxylation is 1. The van der Waals surface area contributed by atoms with E-state index in [0.717, 1.165) is 25.7 Å². The summed E-state index contributed by atoms with van der Waals surface area (Å²) in [6, 6.07) is 13.6. The maximum absolute atomic E-state index is 13.4. The minimum atomic E-state index is -0.733. The second kappa shape index (κ2) is 13.6. The van der Waals surface area contributed by atoms with Crippen molar-refractivity contribution in [2.24, 2.45) is 0 Å². The van der Waals surface area contributed by atoms with Gasteiger partial charge in [0.15, 0.2) is 0 Å². The minimum Gasteiger partial charge on any atom is -0.507 e. The van der Waals surface area contributed by atoms with Gasteiger partial charge in [0.25, 0.3) is 11.7 Å². The molecule has 39 heavy (non-hydrogen) atoms. The molecule has 4 rings (SSSR count). The molecule has 1 saturated heterocycles. The van der Waals surface area contributed by atoms with Gasteiger partial charge in [-0.05, 0) is 61.2 Å². The summed E-state index contributed by atoms with van der Waals surface area (Å²) >= 11 is 0. The number of carbonyl (C=O) groups excluding carboxylic acids is 2. The molecule has 1 aliphatic rings. The van der Waals surface area contributed by atoms with Gasteiger partial charge in [-0.1, -0.05) is 38.8 Å². The summed E-state index contributed by atoms with van der Waals surface area (Å²) in [6.45, 7) is 6.34. The molecular formula is C31H37N3O5. The third kappa shape index (κ3) is 6.88. The van der Waals surface area contributed by atoms with E-state index in [9.17, 15) is 14.7 Å². The zero-order chi connectivity index (χ0) is 27.6. The van der Waals surface area contributed by atoms with Gasteiger partial charge in [0.2, 0.25) is 0 Å². The highest BCUT2D eigenvalue weighted by Crippen LogP contribution is 2.40. The molecule has 1 amide bonds. The van der Waals surface area contributed by atoms with Crippen molar-refractivity contribution in [1.29, 1.82) is 0 Å². The van der Waals surface area contributed by atoms with E-state index in [1.807, 2.05) is 42.0 Å². The first kappa shape index (κ1) is 28.0. The minimum absolute atomic E-state index is 0.0768. The Morgan fingerprint density at radius 1 is 0.923 bits per heavy atom. The maximum Gasteiger partial charge on any atom is 0.295 e. The Bertz CT molecular complexity index is 1270. The van der Waals surface area contributed by atoms with Crippen LogP contribution in [0.25, 0.3) is 5.76 Å². The van der Waals surface area contributed by atoms with Crippen LogP contribution in [0.5, 0.6) is 11.5 Å². The standard InChI is InChI=1S/C31H37N3O5/c1-3-5-6-20-39-26-10-7-9-24(21-26)28-27(29(35)23-11-13-25(14-12-23)38-19-4-2)30(36)31(37)34(28)17-8-16-33-18-15-32-22-33/h7,9-15,18,21-22,28,35H,3-6,8,16-17,19-20H2,1-2H3. The van der Waals surface area contributed by atoms with E-state index in [2.05, 4.69) is 11.9 Å². The molecule has 3 aromatic rings. The number of benzene rings is 2. The summed E-state index contributed by atoms with van der Waals surface area (Å²) in [6.07, 6.45) is 9.92. The topological polar surface area (TPSA) is 93.9 Å². The van der Waals surface area contributed by atoms with E-state index in [0.29, 0.717) is 55.4 Å². The lowest BCUT2D eigenvalue weighted by Crippen LogP contribution is -2.31. The van der Waals surface area contributed by atoms with Gasteiger partial charge < -0.3 is 24.0 Å². The maximum atomic E-state index is 13.4. The fourth-order valence-electron chi connectivity index (χ4n) is 4.70. The van der Waals surface area contributed by atoms with Crippen LogP contribution in [0, 0.1) is 0 Å². The monoisotopic (exact) mass is 531 g/mol. The molecule has 1 fully saturated rings. The van der Waals surface area contributed by atoms with Gasteiger partial charge in [0, 0.05) is 31.0 Å². The highest BCUT2D eigenvalue weighted by atomic mass is 16.5. The number of carbonyl (C=O) groups is 2. The Kier molecular flexibility index (Phi) is 9.78. The van der Waals surface area contributed by atoms with E-state index in [4.69, 9.17) is 9.47 Å². The largest absolute Gasteiger partial charge is 0.507 e. The van der Waals surface area contributed by atoms with E-state index < -0.39 is 17.7 Å². The number of likely N-dealkylation sites (tertiary alicyclic amines) is 1. The number of aliphatic hydroxyl groups is 1. The summed E-state index contributed by atoms with van der Waals surface area (Å²) in [4.78, 5) is 32.3. The molecule has 0 bridgehead atoms. The van der Waals surface area contributed by atoms with Crippen LogP contribution >= 0.6 is 0 Å². The number of imidazole rings is 1. The lowest BCUT2D eigenvalue weighted by molar-refractivity contribution is -0.139. The van der Waals surface area contributed by atoms with Crippen molar-refractivity contribution in [3.8, 4) is 11.5 Å². The van der Waals surface area contributed by atoms with Gasteiger partial charge in [0.05, 0.1) is 31.2 Å². The van der Waals surface area contributed by atoms with Crippen molar-refractivity contribution in [3.05, 3.63) is 84.0 Å². The van der Waals surface area contributed by atoms with Crippen molar-refractivity contribution >= 4 is 17.4 Å². The normalized spacial score (nSPS) is 16.6. The van der Waals surface area contributed by atoms with Crippen molar-refractivity contribution < 1.29 is 24.2 Å². The van der Waals surface area contributed by atoms with Crippen LogP contribution in [-0.2, 0) is 16.1 Å². The number of rotatable bonds is 14. The van der Waals surface area contributed by atoms with Gasteiger partial charge in [-0.25, -0.2) is 4.98 Å². The van der Waals surface area contributed by atoms with Crippen LogP contribution in [0.4, 0.5) is 0 Å². The Morgan fingerprint density at radius 2 is 1.72 bits per heavy atom. The predicted octanol–water partition coefficient (Wildman–Crippen LogP) is 5.75. The zero-order valence-corrected chi connectivity index (χ0v) is 22.7. The van der Waals surface area contributed by atoms with Crippen molar-refractivity contribution in [3.63, 3.8) is 0 Å². The zero-order valence-electron chi connectivity index (χ0n) is 22.7. The molecule has 206 valence electrons. The predicted molar refractivity (Wildman–Crippen MR) is 150 cm³/mol. The molecule has 1 aromatic heterocycles. The molecule has 2 aromatic carbocycles. The van der Waals surface area contributed by atoms with E-state index in [-0.39, 0.29) is 11.3 Å². The number of unbranched alkanes of at least 4 members (excludes halogenated alkanes) is 2. The summed E-state index contributed by atoms with van der Waals surface area (Å²) in [5.74, 6) is -0.167. The fourth-order valence-corrected chi connectivity index (χ4v) is 4.70. The summed E-state index contributed by atoms with van der Waals surface area (Å²) in [7, 11) is 0. The molecule has 0 spiro atoms. The smallest absolute Gasteiger partial charge is 0.295 e. The Morgan fingerprint density at radius 3 is 2.44 bits per heavy atom. The van der Waals surface area contributed by atoms with E-state index >= 15 is 0 Å². The summed E-state index contributed by atoms with van der Waals surface area (Å²) in [5, 5.41) is 11.4. The van der Waals surface area contributed by atoms with Gasteiger partial charge in [-0.15, -0.1) is 0 Å². The number of ketones is 1. The average molecular weight is 532 g/mol. The summed E-state index contributed by atoms with van der Waals surface area (Å²) < 4.78 is 13.5. The lowest BCUT2D eigenvalue weighted by atomic mass is 9.95. The lowest BCUT2D eigenvalue weighted by Gasteiger charge is -2.26. The van der Waals surface area contributed by atoms with Crippen LogP contribution in [0.1, 0.15) is 63.1 Å². The van der Waals surface area contributed by atoms with Gasteiger partial charge in [0.1, 0.15) is 17.3 Å².